The van der Waals surface area contributed by atoms with Gasteiger partial charge >= 0.3 is 23.6 Å². The summed E-state index contributed by atoms with van der Waals surface area (Å²) in [4.78, 5) is 61.3. The fourth-order valence-corrected chi connectivity index (χ4v) is 2.84. The van der Waals surface area contributed by atoms with E-state index in [1.54, 1.807) is 13.8 Å². The van der Waals surface area contributed by atoms with Crippen LogP contribution in [-0.2, 0) is 46.6 Å². The Hall–Kier alpha value is -4.07. The molecule has 0 aliphatic carbocycles. The molecule has 14 heteroatoms. The predicted molar refractivity (Wildman–Crippen MR) is 119 cm³/mol. The molecule has 2 aromatic heterocycles. The summed E-state index contributed by atoms with van der Waals surface area (Å²) in [6, 6.07) is 0. The van der Waals surface area contributed by atoms with Crippen LogP contribution in [-0.4, -0.2) is 68.5 Å². The summed E-state index contributed by atoms with van der Waals surface area (Å²) < 4.78 is 23.0. The van der Waals surface area contributed by atoms with Crippen molar-refractivity contribution in [3.05, 3.63) is 50.6 Å². The molecule has 0 radical (unpaired) electrons. The normalized spacial score (nSPS) is 11.3. The van der Waals surface area contributed by atoms with E-state index >= 15 is 0 Å². The standard InChI is InChI=1S/C21H27N5O9/c1-5-33-18(28)9-17(20(30)34-6-2)24-11-14(3)19(29)25(21(24)31)12-16-10-22-23-26(16)13-32-7-8-35-15(4)27/h9-11H,5-8,12-13H2,1-4H3/b17-9-. The van der Waals surface area contributed by atoms with Crippen LogP contribution < -0.4 is 11.2 Å². The van der Waals surface area contributed by atoms with Crippen molar-refractivity contribution in [3.8, 4) is 0 Å². The maximum absolute atomic E-state index is 13.2. The van der Waals surface area contributed by atoms with Crippen molar-refractivity contribution in [1.29, 1.82) is 0 Å². The smallest absolute Gasteiger partial charge is 0.355 e. The third-order valence-electron chi connectivity index (χ3n) is 4.39. The van der Waals surface area contributed by atoms with E-state index in [0.29, 0.717) is 5.69 Å². The Morgan fingerprint density at radius 1 is 1.06 bits per heavy atom. The second-order valence-corrected chi connectivity index (χ2v) is 6.96. The number of carbonyl (C=O) groups excluding carboxylic acids is 3. The third kappa shape index (κ3) is 7.46. The molecule has 2 rings (SSSR count). The molecule has 0 saturated heterocycles. The number of aryl methyl sites for hydroxylation is 1. The number of carbonyl (C=O) groups is 3. The fraction of sp³-hybridized carbons (Fsp3) is 0.476. The Bertz CT molecular complexity index is 1210. The number of hydrogen-bond donors (Lipinski definition) is 0. The van der Waals surface area contributed by atoms with Crippen LogP contribution in [0.15, 0.2) is 28.1 Å². The molecule has 0 aliphatic rings. The highest BCUT2D eigenvalue weighted by Crippen LogP contribution is 2.07. The number of esters is 3. The summed E-state index contributed by atoms with van der Waals surface area (Å²) in [6.45, 7) is 5.74. The number of aromatic nitrogens is 5. The first-order valence-electron chi connectivity index (χ1n) is 10.7. The van der Waals surface area contributed by atoms with Gasteiger partial charge in [-0.1, -0.05) is 5.21 Å². The Morgan fingerprint density at radius 2 is 1.77 bits per heavy atom. The molecule has 190 valence electrons. The quantitative estimate of drug-likeness (QED) is 0.161. The van der Waals surface area contributed by atoms with Gasteiger partial charge in [0.1, 0.15) is 19.0 Å². The van der Waals surface area contributed by atoms with E-state index in [2.05, 4.69) is 10.3 Å². The minimum atomic E-state index is -0.944. The number of nitrogens with zero attached hydrogens (tertiary/aromatic N) is 5. The Morgan fingerprint density at radius 3 is 2.43 bits per heavy atom. The minimum Gasteiger partial charge on any atom is -0.463 e. The van der Waals surface area contributed by atoms with Gasteiger partial charge in [0.15, 0.2) is 0 Å². The topological polar surface area (TPSA) is 163 Å². The van der Waals surface area contributed by atoms with Crippen LogP contribution >= 0.6 is 0 Å². The molecule has 0 saturated carbocycles. The summed E-state index contributed by atoms with van der Waals surface area (Å²) in [5, 5.41) is 7.63. The Labute approximate surface area is 199 Å². The second kappa shape index (κ2) is 13.0. The first-order valence-corrected chi connectivity index (χ1v) is 10.7. The number of rotatable bonds is 12. The van der Waals surface area contributed by atoms with Crippen LogP contribution in [0.25, 0.3) is 5.70 Å². The average Bonchev–Trinajstić information content (AvgIpc) is 3.24. The van der Waals surface area contributed by atoms with Gasteiger partial charge in [0, 0.05) is 18.7 Å². The van der Waals surface area contributed by atoms with Crippen molar-refractivity contribution in [2.45, 2.75) is 41.0 Å². The van der Waals surface area contributed by atoms with Gasteiger partial charge < -0.3 is 18.9 Å². The van der Waals surface area contributed by atoms with Crippen molar-refractivity contribution in [1.82, 2.24) is 24.1 Å². The zero-order valence-electron chi connectivity index (χ0n) is 19.9. The van der Waals surface area contributed by atoms with Gasteiger partial charge in [-0.15, -0.1) is 5.10 Å². The first kappa shape index (κ1) is 27.2. The van der Waals surface area contributed by atoms with Gasteiger partial charge in [-0.2, -0.15) is 0 Å². The summed E-state index contributed by atoms with van der Waals surface area (Å²) in [5.41, 5.74) is -1.45. The molecule has 35 heavy (non-hydrogen) atoms. The maximum Gasteiger partial charge on any atom is 0.355 e. The van der Waals surface area contributed by atoms with Crippen LogP contribution in [0.5, 0.6) is 0 Å². The molecular weight excluding hydrogens is 466 g/mol. The molecule has 0 aliphatic heterocycles. The van der Waals surface area contributed by atoms with Gasteiger partial charge in [0.2, 0.25) is 0 Å². The Balaban J connectivity index is 2.40. The highest BCUT2D eigenvalue weighted by Gasteiger charge is 2.21. The molecule has 2 heterocycles. The van der Waals surface area contributed by atoms with E-state index in [1.807, 2.05) is 0 Å². The monoisotopic (exact) mass is 493 g/mol. The average molecular weight is 493 g/mol. The maximum atomic E-state index is 13.2. The van der Waals surface area contributed by atoms with E-state index in [9.17, 15) is 24.0 Å². The lowest BCUT2D eigenvalue weighted by molar-refractivity contribution is -0.143. The SMILES string of the molecule is CCOC(=O)/C=C(/C(=O)OCC)n1cc(C)c(=O)n(Cc2cnnn2COCCOC(C)=O)c1=O. The van der Waals surface area contributed by atoms with Crippen molar-refractivity contribution < 1.29 is 33.3 Å². The summed E-state index contributed by atoms with van der Waals surface area (Å²) in [7, 11) is 0. The lowest BCUT2D eigenvalue weighted by Crippen LogP contribution is -2.42. The molecule has 0 spiro atoms. The van der Waals surface area contributed by atoms with Crippen LogP contribution in [0.1, 0.15) is 32.0 Å². The lowest BCUT2D eigenvalue weighted by Gasteiger charge is -2.14. The van der Waals surface area contributed by atoms with Crippen LogP contribution in [0.4, 0.5) is 0 Å². The van der Waals surface area contributed by atoms with Crippen molar-refractivity contribution in [2.24, 2.45) is 0 Å². The lowest BCUT2D eigenvalue weighted by atomic mass is 10.3. The van der Waals surface area contributed by atoms with Gasteiger partial charge in [0.05, 0.1) is 44.3 Å². The number of ether oxygens (including phenoxy) is 4. The molecular formula is C21H27N5O9. The van der Waals surface area contributed by atoms with E-state index in [1.165, 1.54) is 24.7 Å². The van der Waals surface area contributed by atoms with E-state index < -0.39 is 34.9 Å². The highest BCUT2D eigenvalue weighted by molar-refractivity contribution is 6.14. The molecule has 0 bridgehead atoms. The van der Waals surface area contributed by atoms with Crippen molar-refractivity contribution >= 4 is 23.6 Å². The summed E-state index contributed by atoms with van der Waals surface area (Å²) in [6.07, 6.45) is 3.32. The molecule has 0 fully saturated rings. The van der Waals surface area contributed by atoms with Crippen LogP contribution in [0.3, 0.4) is 0 Å². The van der Waals surface area contributed by atoms with E-state index in [0.717, 1.165) is 21.4 Å². The van der Waals surface area contributed by atoms with Gasteiger partial charge in [-0.05, 0) is 20.8 Å². The van der Waals surface area contributed by atoms with Crippen molar-refractivity contribution in [3.63, 3.8) is 0 Å². The molecule has 14 nitrogen and oxygen atoms in total. The zero-order valence-corrected chi connectivity index (χ0v) is 19.9. The van der Waals surface area contributed by atoms with Gasteiger partial charge in [-0.3, -0.25) is 18.7 Å². The summed E-state index contributed by atoms with van der Waals surface area (Å²) in [5.74, 6) is -2.24. The molecule has 0 atom stereocenters. The number of hydrogen-bond acceptors (Lipinski definition) is 11. The first-order chi connectivity index (χ1) is 16.7. The van der Waals surface area contributed by atoms with Crippen molar-refractivity contribution in [2.75, 3.05) is 26.4 Å². The zero-order chi connectivity index (χ0) is 26.0. The molecule has 0 N–H and O–H groups in total. The second-order valence-electron chi connectivity index (χ2n) is 6.96. The van der Waals surface area contributed by atoms with Gasteiger partial charge in [-0.25, -0.2) is 19.1 Å². The largest absolute Gasteiger partial charge is 0.463 e. The fourth-order valence-electron chi connectivity index (χ4n) is 2.84. The Kier molecular flexibility index (Phi) is 10.1. The van der Waals surface area contributed by atoms with E-state index in [-0.39, 0.29) is 45.3 Å². The van der Waals surface area contributed by atoms with Crippen LogP contribution in [0.2, 0.25) is 0 Å². The van der Waals surface area contributed by atoms with Crippen LogP contribution in [0, 0.1) is 6.92 Å². The third-order valence-corrected chi connectivity index (χ3v) is 4.39. The predicted octanol–water partition coefficient (Wildman–Crippen LogP) is -0.537. The minimum absolute atomic E-state index is 0.00528. The molecule has 2 aromatic rings. The van der Waals surface area contributed by atoms with E-state index in [4.69, 9.17) is 18.9 Å². The highest BCUT2D eigenvalue weighted by atomic mass is 16.6. The molecule has 0 aromatic carbocycles. The van der Waals surface area contributed by atoms with Gasteiger partial charge in [0.25, 0.3) is 5.56 Å². The summed E-state index contributed by atoms with van der Waals surface area (Å²) >= 11 is 0. The molecule has 0 unspecified atom stereocenters. The molecule has 0 amide bonds.